The summed E-state index contributed by atoms with van der Waals surface area (Å²) in [4.78, 5) is 28.2. The molecule has 0 spiro atoms. The summed E-state index contributed by atoms with van der Waals surface area (Å²) in [5.74, 6) is 1.29. The number of likely N-dealkylation sites (tertiary alicyclic amines) is 1. The summed E-state index contributed by atoms with van der Waals surface area (Å²) in [6.07, 6.45) is 9.66. The Kier molecular flexibility index (Phi) is 7.26. The summed E-state index contributed by atoms with van der Waals surface area (Å²) < 4.78 is 33.6. The second-order valence-electron chi connectivity index (χ2n) is 10.2. The summed E-state index contributed by atoms with van der Waals surface area (Å²) in [6, 6.07) is 2.33. The van der Waals surface area contributed by atoms with E-state index in [0.29, 0.717) is 25.6 Å². The van der Waals surface area contributed by atoms with E-state index in [1.165, 1.54) is 0 Å². The Balaban J connectivity index is 1.09. The highest BCUT2D eigenvalue weighted by molar-refractivity contribution is 7.89. The molecule has 2 aromatic heterocycles. The number of sulfonamides is 1. The largest absolute Gasteiger partial charge is 0.367 e. The monoisotopic (exact) mass is 504 g/mol. The molecule has 2 aromatic rings. The molecule has 1 amide bonds. The van der Waals surface area contributed by atoms with Gasteiger partial charge in [-0.15, -0.1) is 0 Å². The number of aromatic amines is 1. The van der Waals surface area contributed by atoms with Gasteiger partial charge in [-0.1, -0.05) is 0 Å². The third kappa shape index (κ3) is 5.46. The molecule has 0 bridgehead atoms. The first-order chi connectivity index (χ1) is 16.9. The molecule has 192 valence electrons. The number of H-pyrrole nitrogens is 1. The number of amides is 1. The van der Waals surface area contributed by atoms with Gasteiger partial charge in [0.2, 0.25) is 15.9 Å². The van der Waals surface area contributed by atoms with Crippen molar-refractivity contribution in [2.24, 2.45) is 5.92 Å². The van der Waals surface area contributed by atoms with E-state index < -0.39 is 10.0 Å². The molecule has 1 aliphatic carbocycles. The standard InChI is InChI=1S/C24H36N6O4S/c1-28(24-21-8-10-25-23(21)26-17-27-24)19-6-4-18(5-7-19)16-35(32,33)30-13-9-20(14-30)34-15-22(31)29-11-2-3-12-29/h8,10,17-20H,2-7,9,11-16H2,1H3,(H,25,26,27). The van der Waals surface area contributed by atoms with E-state index in [1.54, 1.807) is 10.6 Å². The van der Waals surface area contributed by atoms with E-state index >= 15 is 0 Å². The van der Waals surface area contributed by atoms with Crippen LogP contribution in [0.3, 0.4) is 0 Å². The molecule has 2 saturated heterocycles. The van der Waals surface area contributed by atoms with Crippen molar-refractivity contribution in [2.45, 2.75) is 57.1 Å². The van der Waals surface area contributed by atoms with Gasteiger partial charge in [0.25, 0.3) is 0 Å². The molecule has 4 heterocycles. The SMILES string of the molecule is CN(c1ncnc2[nH]ccc12)C1CCC(CS(=O)(=O)N2CCC(OCC(=O)N3CCCC3)C2)CC1. The van der Waals surface area contributed by atoms with Crippen molar-refractivity contribution in [1.29, 1.82) is 0 Å². The van der Waals surface area contributed by atoms with E-state index in [2.05, 4.69) is 26.9 Å². The maximum atomic E-state index is 13.1. The summed E-state index contributed by atoms with van der Waals surface area (Å²) in [5, 5.41) is 1.01. The minimum atomic E-state index is -3.34. The van der Waals surface area contributed by atoms with Crippen molar-refractivity contribution in [3.63, 3.8) is 0 Å². The minimum absolute atomic E-state index is 0.0183. The van der Waals surface area contributed by atoms with Gasteiger partial charge in [-0.3, -0.25) is 4.79 Å². The molecule has 1 N–H and O–H groups in total. The lowest BCUT2D eigenvalue weighted by Gasteiger charge is -2.35. The summed E-state index contributed by atoms with van der Waals surface area (Å²) in [5.41, 5.74) is 0.829. The van der Waals surface area contributed by atoms with Crippen molar-refractivity contribution in [1.82, 2.24) is 24.2 Å². The maximum Gasteiger partial charge on any atom is 0.248 e. The minimum Gasteiger partial charge on any atom is -0.367 e. The number of nitrogens with zero attached hydrogens (tertiary/aromatic N) is 5. The van der Waals surface area contributed by atoms with Crippen molar-refractivity contribution < 1.29 is 17.9 Å². The molecular weight excluding hydrogens is 468 g/mol. The van der Waals surface area contributed by atoms with Crippen molar-refractivity contribution >= 4 is 32.8 Å². The Morgan fingerprint density at radius 2 is 1.91 bits per heavy atom. The fourth-order valence-electron chi connectivity index (χ4n) is 5.75. The van der Waals surface area contributed by atoms with E-state index in [-0.39, 0.29) is 30.3 Å². The Morgan fingerprint density at radius 1 is 1.14 bits per heavy atom. The first kappa shape index (κ1) is 24.5. The summed E-state index contributed by atoms with van der Waals surface area (Å²) >= 11 is 0. The molecule has 1 unspecified atom stereocenters. The lowest BCUT2D eigenvalue weighted by molar-refractivity contribution is -0.136. The number of anilines is 1. The van der Waals surface area contributed by atoms with Crippen LogP contribution in [0.25, 0.3) is 11.0 Å². The van der Waals surface area contributed by atoms with Crippen molar-refractivity contribution in [3.8, 4) is 0 Å². The zero-order valence-electron chi connectivity index (χ0n) is 20.4. The predicted molar refractivity (Wildman–Crippen MR) is 134 cm³/mol. The van der Waals surface area contributed by atoms with Gasteiger partial charge in [-0.2, -0.15) is 4.31 Å². The molecule has 0 radical (unpaired) electrons. The fourth-order valence-corrected chi connectivity index (χ4v) is 7.66. The highest BCUT2D eigenvalue weighted by Gasteiger charge is 2.35. The molecule has 3 fully saturated rings. The van der Waals surface area contributed by atoms with E-state index in [0.717, 1.165) is 68.5 Å². The molecule has 0 aromatic carbocycles. The number of hydrogen-bond acceptors (Lipinski definition) is 7. The van der Waals surface area contributed by atoms with Gasteiger partial charge < -0.3 is 19.5 Å². The number of fused-ring (bicyclic) bond motifs is 1. The van der Waals surface area contributed by atoms with Gasteiger partial charge in [-0.25, -0.2) is 18.4 Å². The van der Waals surface area contributed by atoms with Crippen LogP contribution in [0.4, 0.5) is 5.82 Å². The number of hydrogen-bond donors (Lipinski definition) is 1. The first-order valence-corrected chi connectivity index (χ1v) is 14.4. The highest BCUT2D eigenvalue weighted by Crippen LogP contribution is 2.33. The topological polar surface area (TPSA) is 112 Å². The van der Waals surface area contributed by atoms with E-state index in [9.17, 15) is 13.2 Å². The van der Waals surface area contributed by atoms with Crippen LogP contribution in [-0.4, -0.2) is 96.2 Å². The molecule has 11 heteroatoms. The molecule has 10 nitrogen and oxygen atoms in total. The molecule has 5 rings (SSSR count). The van der Waals surface area contributed by atoms with Gasteiger partial charge in [0.1, 0.15) is 24.4 Å². The number of carbonyl (C=O) groups excluding carboxylic acids is 1. The molecule has 3 aliphatic rings. The Labute approximate surface area is 207 Å². The predicted octanol–water partition coefficient (Wildman–Crippen LogP) is 2.00. The third-order valence-corrected chi connectivity index (χ3v) is 9.89. The van der Waals surface area contributed by atoms with Crippen LogP contribution in [0.2, 0.25) is 0 Å². The molecule has 2 aliphatic heterocycles. The molecule has 1 atom stereocenters. The highest BCUT2D eigenvalue weighted by atomic mass is 32.2. The maximum absolute atomic E-state index is 13.1. The Hall–Kier alpha value is -2.24. The van der Waals surface area contributed by atoms with Crippen LogP contribution < -0.4 is 4.90 Å². The van der Waals surface area contributed by atoms with Gasteiger partial charge >= 0.3 is 0 Å². The van der Waals surface area contributed by atoms with E-state index in [4.69, 9.17) is 4.74 Å². The average Bonchev–Trinajstić information content (AvgIpc) is 3.63. The molecular formula is C24H36N6O4S. The smallest absolute Gasteiger partial charge is 0.248 e. The Morgan fingerprint density at radius 3 is 2.69 bits per heavy atom. The normalized spacial score (nSPS) is 26.0. The van der Waals surface area contributed by atoms with Crippen LogP contribution in [0.15, 0.2) is 18.6 Å². The number of aromatic nitrogens is 3. The molecule has 35 heavy (non-hydrogen) atoms. The van der Waals surface area contributed by atoms with Crippen molar-refractivity contribution in [2.75, 3.05) is 50.5 Å². The first-order valence-electron chi connectivity index (χ1n) is 12.8. The number of carbonyl (C=O) groups is 1. The van der Waals surface area contributed by atoms with Gasteiger partial charge in [0.05, 0.1) is 17.2 Å². The lowest BCUT2D eigenvalue weighted by Crippen LogP contribution is -2.39. The van der Waals surface area contributed by atoms with E-state index in [1.807, 2.05) is 17.2 Å². The zero-order chi connectivity index (χ0) is 24.4. The fraction of sp³-hybridized carbons (Fsp3) is 0.708. The van der Waals surface area contributed by atoms with Gasteiger partial charge in [0.15, 0.2) is 0 Å². The second-order valence-corrected chi connectivity index (χ2v) is 12.2. The zero-order valence-corrected chi connectivity index (χ0v) is 21.3. The summed E-state index contributed by atoms with van der Waals surface area (Å²) in [6.45, 7) is 2.50. The second kappa shape index (κ2) is 10.4. The van der Waals surface area contributed by atoms with Crippen LogP contribution >= 0.6 is 0 Å². The van der Waals surface area contributed by atoms with Crippen molar-refractivity contribution in [3.05, 3.63) is 18.6 Å². The van der Waals surface area contributed by atoms with Crippen LogP contribution in [0.5, 0.6) is 0 Å². The lowest BCUT2D eigenvalue weighted by atomic mass is 9.86. The molecule has 1 saturated carbocycles. The third-order valence-electron chi connectivity index (χ3n) is 7.88. The quantitative estimate of drug-likeness (QED) is 0.585. The number of nitrogens with one attached hydrogen (secondary N) is 1. The van der Waals surface area contributed by atoms with Gasteiger partial charge in [-0.05, 0) is 56.9 Å². The number of rotatable bonds is 8. The summed E-state index contributed by atoms with van der Waals surface area (Å²) in [7, 11) is -1.27. The average molecular weight is 505 g/mol. The Bertz CT molecular complexity index is 1120. The van der Waals surface area contributed by atoms with Crippen LogP contribution in [0.1, 0.15) is 44.9 Å². The van der Waals surface area contributed by atoms with Gasteiger partial charge in [0, 0.05) is 45.5 Å². The number of ether oxygens (including phenoxy) is 1. The van der Waals surface area contributed by atoms with Crippen LogP contribution in [0, 0.1) is 5.92 Å². The van der Waals surface area contributed by atoms with Crippen LogP contribution in [-0.2, 0) is 19.6 Å².